The van der Waals surface area contributed by atoms with E-state index in [0.29, 0.717) is 0 Å². The number of hydrogen-bond donors (Lipinski definition) is 0. The lowest BCUT2D eigenvalue weighted by Gasteiger charge is -1.95. The fraction of sp³-hybridized carbons (Fsp3) is 0.0714. The summed E-state index contributed by atoms with van der Waals surface area (Å²) in [5.41, 5.74) is 0.731. The van der Waals surface area contributed by atoms with E-state index in [0.717, 1.165) is 14.0 Å². The maximum atomic E-state index is 11.9. The molecule has 1 heterocycles. The lowest BCUT2D eigenvalue weighted by Crippen LogP contribution is -1.93. The van der Waals surface area contributed by atoms with Crippen LogP contribution in [0.4, 0.5) is 0 Å². The second-order valence-corrected chi connectivity index (χ2v) is 6.22. The zero-order chi connectivity index (χ0) is 12.3. The molecule has 1 nitrogen and oxygen atoms in total. The summed E-state index contributed by atoms with van der Waals surface area (Å²) in [6, 6.07) is 11.7. The predicted octanol–water partition coefficient (Wildman–Crippen LogP) is 4.56. The summed E-state index contributed by atoms with van der Waals surface area (Å²) < 4.78 is 1.14. The van der Waals surface area contributed by atoms with Crippen molar-refractivity contribution in [1.29, 1.82) is 0 Å². The van der Waals surface area contributed by atoms with Crippen LogP contribution in [0.15, 0.2) is 42.5 Å². The molecule has 17 heavy (non-hydrogen) atoms. The Labute approximate surface area is 118 Å². The third kappa shape index (κ3) is 3.51. The van der Waals surface area contributed by atoms with Gasteiger partial charge in [-0.15, -0.1) is 11.3 Å². The second-order valence-electron chi connectivity index (χ2n) is 3.65. The monoisotopic (exact) mass is 354 g/mol. The summed E-state index contributed by atoms with van der Waals surface area (Å²) in [6.07, 6.45) is 3.51. The number of carbonyl (C=O) groups is 1. The van der Waals surface area contributed by atoms with Crippen LogP contribution in [0.2, 0.25) is 0 Å². The zero-order valence-corrected chi connectivity index (χ0v) is 12.3. The minimum atomic E-state index is 0.0486. The molecule has 1 aromatic carbocycles. The molecule has 0 aliphatic rings. The largest absolute Gasteiger partial charge is 0.289 e. The van der Waals surface area contributed by atoms with Crippen molar-refractivity contribution in [2.24, 2.45) is 0 Å². The average Bonchev–Trinajstić information content (AvgIpc) is 2.73. The van der Waals surface area contributed by atoms with E-state index in [4.69, 9.17) is 0 Å². The van der Waals surface area contributed by atoms with Crippen molar-refractivity contribution in [3.63, 3.8) is 0 Å². The van der Waals surface area contributed by atoms with Crippen LogP contribution in [-0.4, -0.2) is 5.78 Å². The molecule has 2 aromatic rings. The fourth-order valence-electron chi connectivity index (χ4n) is 1.41. The quantitative estimate of drug-likeness (QED) is 0.449. The van der Waals surface area contributed by atoms with E-state index in [-0.39, 0.29) is 5.78 Å². The number of ketones is 1. The van der Waals surface area contributed by atoms with Gasteiger partial charge in [-0.3, -0.25) is 4.79 Å². The Morgan fingerprint density at radius 1 is 1.18 bits per heavy atom. The van der Waals surface area contributed by atoms with E-state index in [1.165, 1.54) is 4.88 Å². The van der Waals surface area contributed by atoms with E-state index < -0.39 is 0 Å². The van der Waals surface area contributed by atoms with Gasteiger partial charge in [0.2, 0.25) is 0 Å². The Morgan fingerprint density at radius 2 is 1.88 bits per heavy atom. The molecule has 0 aliphatic heterocycles. The Bertz CT molecular complexity index is 552. The lowest BCUT2D eigenvalue weighted by molar-refractivity contribution is 0.104. The van der Waals surface area contributed by atoms with Crippen molar-refractivity contribution in [1.82, 2.24) is 0 Å². The van der Waals surface area contributed by atoms with Crippen molar-refractivity contribution in [2.75, 3.05) is 0 Å². The molecule has 0 amide bonds. The van der Waals surface area contributed by atoms with Gasteiger partial charge >= 0.3 is 0 Å². The number of carbonyl (C=O) groups excluding carboxylic acids is 1. The van der Waals surface area contributed by atoms with Gasteiger partial charge in [-0.25, -0.2) is 0 Å². The van der Waals surface area contributed by atoms with Crippen LogP contribution < -0.4 is 0 Å². The average molecular weight is 354 g/mol. The van der Waals surface area contributed by atoms with E-state index in [1.54, 1.807) is 17.4 Å². The van der Waals surface area contributed by atoms with Gasteiger partial charge in [-0.05, 0) is 65.9 Å². The molecule has 0 saturated heterocycles. The molecule has 0 radical (unpaired) electrons. The van der Waals surface area contributed by atoms with E-state index in [1.807, 2.05) is 36.4 Å². The maximum absolute atomic E-state index is 11.9. The molecule has 0 aliphatic carbocycles. The third-order valence-electron chi connectivity index (χ3n) is 2.29. The first-order valence-corrected chi connectivity index (χ1v) is 7.09. The van der Waals surface area contributed by atoms with Crippen molar-refractivity contribution < 1.29 is 4.79 Å². The van der Waals surface area contributed by atoms with Crippen molar-refractivity contribution in [3.05, 3.63) is 61.4 Å². The molecular weight excluding hydrogens is 343 g/mol. The Morgan fingerprint density at radius 3 is 2.47 bits per heavy atom. The summed E-state index contributed by atoms with van der Waals surface area (Å²) in [5.74, 6) is 0.0486. The number of halogens is 1. The lowest BCUT2D eigenvalue weighted by atomic mass is 10.1. The first kappa shape index (κ1) is 12.5. The van der Waals surface area contributed by atoms with Gasteiger partial charge < -0.3 is 0 Å². The van der Waals surface area contributed by atoms with Crippen LogP contribution >= 0.6 is 33.9 Å². The van der Waals surface area contributed by atoms with Crippen LogP contribution in [0.1, 0.15) is 20.1 Å². The summed E-state index contributed by atoms with van der Waals surface area (Å²) in [6.45, 7) is 2.06. The summed E-state index contributed by atoms with van der Waals surface area (Å²) in [5, 5.41) is 0. The van der Waals surface area contributed by atoms with Gasteiger partial charge in [0.15, 0.2) is 5.78 Å². The molecule has 2 rings (SSSR count). The molecule has 3 heteroatoms. The Kier molecular flexibility index (Phi) is 4.12. The molecule has 0 spiro atoms. The highest BCUT2D eigenvalue weighted by Crippen LogP contribution is 2.17. The van der Waals surface area contributed by atoms with Crippen molar-refractivity contribution in [3.8, 4) is 0 Å². The number of benzene rings is 1. The molecule has 0 bridgehead atoms. The second kappa shape index (κ2) is 5.60. The van der Waals surface area contributed by atoms with Crippen molar-refractivity contribution >= 4 is 45.8 Å². The van der Waals surface area contributed by atoms with Crippen LogP contribution in [0.5, 0.6) is 0 Å². The minimum absolute atomic E-state index is 0.0486. The zero-order valence-electron chi connectivity index (χ0n) is 9.31. The molecule has 0 unspecified atom stereocenters. The standard InChI is InChI=1S/C14H11IOS/c1-10-2-7-13(17-10)8-9-14(16)11-3-5-12(15)6-4-11/h2-9H,1H3/b9-8+. The van der Waals surface area contributed by atoms with E-state index in [2.05, 4.69) is 35.6 Å². The van der Waals surface area contributed by atoms with Gasteiger partial charge in [0, 0.05) is 18.9 Å². The first-order valence-electron chi connectivity index (χ1n) is 5.19. The van der Waals surface area contributed by atoms with Crippen LogP contribution in [0, 0.1) is 10.5 Å². The van der Waals surface area contributed by atoms with E-state index >= 15 is 0 Å². The van der Waals surface area contributed by atoms with Gasteiger partial charge in [0.05, 0.1) is 0 Å². The van der Waals surface area contributed by atoms with Gasteiger partial charge in [0.25, 0.3) is 0 Å². The van der Waals surface area contributed by atoms with Gasteiger partial charge in [-0.2, -0.15) is 0 Å². The van der Waals surface area contributed by atoms with Crippen LogP contribution in [0.25, 0.3) is 6.08 Å². The Balaban J connectivity index is 2.11. The summed E-state index contributed by atoms with van der Waals surface area (Å²) in [7, 11) is 0. The van der Waals surface area contributed by atoms with Crippen LogP contribution in [0.3, 0.4) is 0 Å². The third-order valence-corrected chi connectivity index (χ3v) is 3.97. The summed E-state index contributed by atoms with van der Waals surface area (Å²) in [4.78, 5) is 14.2. The predicted molar refractivity (Wildman–Crippen MR) is 81.6 cm³/mol. The highest BCUT2D eigenvalue weighted by atomic mass is 127. The minimum Gasteiger partial charge on any atom is -0.289 e. The molecule has 0 atom stereocenters. The highest BCUT2D eigenvalue weighted by Gasteiger charge is 2.01. The molecular formula is C14H11IOS. The van der Waals surface area contributed by atoms with Crippen molar-refractivity contribution in [2.45, 2.75) is 6.92 Å². The van der Waals surface area contributed by atoms with E-state index in [9.17, 15) is 4.79 Å². The SMILES string of the molecule is Cc1ccc(/C=C/C(=O)c2ccc(I)cc2)s1. The molecule has 0 N–H and O–H groups in total. The van der Waals surface area contributed by atoms with Crippen LogP contribution in [-0.2, 0) is 0 Å². The first-order chi connectivity index (χ1) is 8.15. The smallest absolute Gasteiger partial charge is 0.185 e. The number of thiophene rings is 1. The Hall–Kier alpha value is -0.940. The molecule has 86 valence electrons. The molecule has 0 saturated carbocycles. The van der Waals surface area contributed by atoms with Gasteiger partial charge in [-0.1, -0.05) is 12.1 Å². The normalized spacial score (nSPS) is 10.9. The number of allylic oxidation sites excluding steroid dienone is 1. The molecule has 0 fully saturated rings. The molecule has 1 aromatic heterocycles. The topological polar surface area (TPSA) is 17.1 Å². The highest BCUT2D eigenvalue weighted by molar-refractivity contribution is 14.1. The fourth-order valence-corrected chi connectivity index (χ4v) is 2.55. The summed E-state index contributed by atoms with van der Waals surface area (Å²) >= 11 is 3.91. The van der Waals surface area contributed by atoms with Gasteiger partial charge in [0.1, 0.15) is 0 Å². The number of rotatable bonds is 3. The maximum Gasteiger partial charge on any atom is 0.185 e. The number of aryl methyl sites for hydroxylation is 1. The number of hydrogen-bond acceptors (Lipinski definition) is 2.